The molecule has 0 N–H and O–H groups in total. The number of carbonyl (C=O) groups excluding carboxylic acids is 1. The van der Waals surface area contributed by atoms with E-state index in [0.29, 0.717) is 11.5 Å². The molecule has 17 heavy (non-hydrogen) atoms. The lowest BCUT2D eigenvalue weighted by Crippen LogP contribution is -2.34. The number of fused-ring (bicyclic) bond motifs is 1. The Kier molecular flexibility index (Phi) is 1.91. The number of hydrogen-bond acceptors (Lipinski definition) is 4. The van der Waals surface area contributed by atoms with Crippen LogP contribution in [0.4, 0.5) is 4.79 Å². The van der Waals surface area contributed by atoms with Crippen LogP contribution in [0.2, 0.25) is 0 Å². The molecule has 0 saturated heterocycles. The summed E-state index contributed by atoms with van der Waals surface area (Å²) in [5.41, 5.74) is 3.55. The van der Waals surface area contributed by atoms with Crippen molar-refractivity contribution in [3.05, 3.63) is 47.0 Å². The molecule has 1 radical (unpaired) electrons. The van der Waals surface area contributed by atoms with Crippen LogP contribution in [-0.2, 0) is 0 Å². The summed E-state index contributed by atoms with van der Waals surface area (Å²) in [5, 5.41) is 7.67. The second-order valence-electron chi connectivity index (χ2n) is 3.34. The van der Waals surface area contributed by atoms with E-state index >= 15 is 0 Å². The first kappa shape index (κ1) is 9.52. The molecular formula is C10H6N5O2. The van der Waals surface area contributed by atoms with Gasteiger partial charge in [0.15, 0.2) is 5.84 Å². The van der Waals surface area contributed by atoms with Crippen molar-refractivity contribution < 1.29 is 4.79 Å². The zero-order chi connectivity index (χ0) is 11.8. The van der Waals surface area contributed by atoms with Crippen molar-refractivity contribution in [3.8, 4) is 0 Å². The Labute approximate surface area is 95.3 Å². The van der Waals surface area contributed by atoms with Crippen molar-refractivity contribution in [3.63, 3.8) is 0 Å². The van der Waals surface area contributed by atoms with Gasteiger partial charge in [0.25, 0.3) is 5.56 Å². The van der Waals surface area contributed by atoms with Crippen LogP contribution >= 0.6 is 0 Å². The average molecular weight is 228 g/mol. The van der Waals surface area contributed by atoms with E-state index < -0.39 is 6.03 Å². The average Bonchev–Trinajstić information content (AvgIpc) is 2.72. The standard InChI is InChI=1S/C10H6N5O2/c16-8-4-1-5-11-15(8)7-3-2-6-14-9(7)12-13-10(14)17/h1-6H. The van der Waals surface area contributed by atoms with Crippen molar-refractivity contribution in [2.24, 2.45) is 5.10 Å². The van der Waals surface area contributed by atoms with Crippen LogP contribution < -0.4 is 11.0 Å². The number of amides is 2. The summed E-state index contributed by atoms with van der Waals surface area (Å²) < 4.78 is 1.17. The van der Waals surface area contributed by atoms with Crippen LogP contribution in [0.25, 0.3) is 5.70 Å². The molecule has 1 aromatic rings. The number of nitrogens with zero attached hydrogens (tertiary/aromatic N) is 5. The largest absolute Gasteiger partial charge is 0.372 e. The second-order valence-corrected chi connectivity index (χ2v) is 3.34. The first-order valence-electron chi connectivity index (χ1n) is 4.83. The Morgan fingerprint density at radius 1 is 1.24 bits per heavy atom. The van der Waals surface area contributed by atoms with Gasteiger partial charge < -0.3 is 0 Å². The van der Waals surface area contributed by atoms with Gasteiger partial charge >= 0.3 is 6.03 Å². The molecule has 0 fully saturated rings. The predicted molar refractivity (Wildman–Crippen MR) is 58.7 cm³/mol. The molecule has 0 atom stereocenters. The van der Waals surface area contributed by atoms with Crippen molar-refractivity contribution in [1.29, 1.82) is 0 Å². The molecular weight excluding hydrogens is 222 g/mol. The molecule has 0 aromatic carbocycles. The lowest BCUT2D eigenvalue weighted by molar-refractivity contribution is 0.234. The lowest BCUT2D eigenvalue weighted by Gasteiger charge is -2.17. The van der Waals surface area contributed by atoms with E-state index in [1.807, 2.05) is 0 Å². The lowest BCUT2D eigenvalue weighted by atomic mass is 10.2. The fourth-order valence-electron chi connectivity index (χ4n) is 1.59. The van der Waals surface area contributed by atoms with E-state index in [-0.39, 0.29) is 5.56 Å². The summed E-state index contributed by atoms with van der Waals surface area (Å²) in [5.74, 6) is 0.304. The highest BCUT2D eigenvalue weighted by Crippen LogP contribution is 2.17. The monoisotopic (exact) mass is 228 g/mol. The zero-order valence-electron chi connectivity index (χ0n) is 8.52. The number of carbonyl (C=O) groups is 1. The smallest absolute Gasteiger partial charge is 0.267 e. The first-order chi connectivity index (χ1) is 8.27. The molecule has 0 saturated carbocycles. The maximum Gasteiger partial charge on any atom is 0.372 e. The van der Waals surface area contributed by atoms with Gasteiger partial charge in [-0.3, -0.25) is 4.79 Å². The van der Waals surface area contributed by atoms with Crippen LogP contribution in [-0.4, -0.2) is 26.5 Å². The molecule has 7 heteroatoms. The van der Waals surface area contributed by atoms with Crippen LogP contribution in [0.15, 0.2) is 46.6 Å². The molecule has 83 valence electrons. The van der Waals surface area contributed by atoms with E-state index in [4.69, 9.17) is 0 Å². The molecule has 0 bridgehead atoms. The van der Waals surface area contributed by atoms with Gasteiger partial charge in [-0.15, -0.1) is 5.10 Å². The molecule has 0 unspecified atom stereocenters. The molecule has 0 spiro atoms. The summed E-state index contributed by atoms with van der Waals surface area (Å²) >= 11 is 0. The summed E-state index contributed by atoms with van der Waals surface area (Å²) in [6.07, 6.45) is 6.31. The van der Waals surface area contributed by atoms with E-state index in [1.54, 1.807) is 18.2 Å². The van der Waals surface area contributed by atoms with E-state index in [0.717, 1.165) is 0 Å². The van der Waals surface area contributed by atoms with E-state index in [2.05, 4.69) is 15.6 Å². The van der Waals surface area contributed by atoms with Gasteiger partial charge in [-0.1, -0.05) is 5.43 Å². The van der Waals surface area contributed by atoms with Gasteiger partial charge in [0.2, 0.25) is 0 Å². The van der Waals surface area contributed by atoms with Crippen molar-refractivity contribution in [2.45, 2.75) is 0 Å². The van der Waals surface area contributed by atoms with Crippen molar-refractivity contribution in [2.75, 3.05) is 0 Å². The quantitative estimate of drug-likeness (QED) is 0.676. The summed E-state index contributed by atoms with van der Waals surface area (Å²) in [6, 6.07) is 2.44. The first-order valence-corrected chi connectivity index (χ1v) is 4.83. The van der Waals surface area contributed by atoms with Crippen molar-refractivity contribution in [1.82, 2.24) is 20.1 Å². The normalized spacial score (nSPS) is 17.4. The second kappa shape index (κ2) is 3.41. The highest BCUT2D eigenvalue weighted by Gasteiger charge is 2.31. The van der Waals surface area contributed by atoms with Crippen molar-refractivity contribution >= 4 is 17.6 Å². The van der Waals surface area contributed by atoms with Gasteiger partial charge in [-0.05, 0) is 18.2 Å². The summed E-state index contributed by atoms with van der Waals surface area (Å²) in [4.78, 5) is 24.2. The predicted octanol–water partition coefficient (Wildman–Crippen LogP) is -0.0350. The Morgan fingerprint density at radius 3 is 2.94 bits per heavy atom. The minimum atomic E-state index is -0.481. The molecule has 1 aromatic heterocycles. The summed E-state index contributed by atoms with van der Waals surface area (Å²) in [7, 11) is 0. The molecule has 3 rings (SSSR count). The molecule has 0 aliphatic carbocycles. The van der Waals surface area contributed by atoms with E-state index in [1.165, 1.54) is 28.0 Å². The van der Waals surface area contributed by atoms with Crippen LogP contribution in [0.1, 0.15) is 0 Å². The third-order valence-electron chi connectivity index (χ3n) is 2.33. The third-order valence-corrected chi connectivity index (χ3v) is 2.33. The fraction of sp³-hybridized carbons (Fsp3) is 0. The number of rotatable bonds is 1. The maximum absolute atomic E-state index is 11.6. The van der Waals surface area contributed by atoms with Crippen LogP contribution in [0.5, 0.6) is 0 Å². The van der Waals surface area contributed by atoms with Gasteiger partial charge in [0.1, 0.15) is 5.70 Å². The Hall–Kier alpha value is -2.70. The SMILES string of the molecule is O=C1[N]N=C2C(n3ncccc3=O)=CC=CN12. The highest BCUT2D eigenvalue weighted by molar-refractivity contribution is 6.25. The Morgan fingerprint density at radius 2 is 2.12 bits per heavy atom. The topological polar surface area (TPSA) is 81.7 Å². The minimum absolute atomic E-state index is 0.295. The minimum Gasteiger partial charge on any atom is -0.267 e. The Bertz CT molecular complexity index is 640. The maximum atomic E-state index is 11.6. The third kappa shape index (κ3) is 1.36. The summed E-state index contributed by atoms with van der Waals surface area (Å²) in [6.45, 7) is 0. The van der Waals surface area contributed by atoms with Crippen LogP contribution in [0, 0.1) is 0 Å². The van der Waals surface area contributed by atoms with Crippen LogP contribution in [0.3, 0.4) is 0 Å². The molecule has 3 heterocycles. The molecule has 2 aliphatic heterocycles. The zero-order valence-corrected chi connectivity index (χ0v) is 8.52. The molecule has 7 nitrogen and oxygen atoms in total. The highest BCUT2D eigenvalue weighted by atomic mass is 16.2. The number of hydrogen-bond donors (Lipinski definition) is 0. The van der Waals surface area contributed by atoms with Gasteiger partial charge in [-0.2, -0.15) is 9.78 Å². The van der Waals surface area contributed by atoms with E-state index in [9.17, 15) is 9.59 Å². The Balaban J connectivity index is 2.14. The number of amidine groups is 1. The van der Waals surface area contributed by atoms with Gasteiger partial charge in [-0.25, -0.2) is 9.69 Å². The number of urea groups is 1. The van der Waals surface area contributed by atoms with Gasteiger partial charge in [0.05, 0.1) is 0 Å². The molecule has 2 amide bonds. The molecule has 2 aliphatic rings. The number of allylic oxidation sites excluding steroid dienone is 2. The fourth-order valence-corrected chi connectivity index (χ4v) is 1.59. The number of aromatic nitrogens is 2. The van der Waals surface area contributed by atoms with Gasteiger partial charge in [0, 0.05) is 18.5 Å².